The number of imidazole rings is 1. The van der Waals surface area contributed by atoms with Gasteiger partial charge in [0.15, 0.2) is 0 Å². The second-order valence-electron chi connectivity index (χ2n) is 9.22. The summed E-state index contributed by atoms with van der Waals surface area (Å²) in [7, 11) is 0. The smallest absolute Gasteiger partial charge is 0.270 e. The summed E-state index contributed by atoms with van der Waals surface area (Å²) in [5.74, 6) is 1.68. The molecule has 2 unspecified atom stereocenters. The lowest BCUT2D eigenvalue weighted by Crippen LogP contribution is -2.41. The molecule has 5 rings (SSSR count). The number of carbonyl (C=O) groups is 1. The number of benzene rings is 1. The van der Waals surface area contributed by atoms with Crippen molar-refractivity contribution in [3.63, 3.8) is 0 Å². The van der Waals surface area contributed by atoms with Gasteiger partial charge < -0.3 is 10.2 Å². The van der Waals surface area contributed by atoms with Crippen LogP contribution >= 0.6 is 11.6 Å². The summed E-state index contributed by atoms with van der Waals surface area (Å²) < 4.78 is 1.79. The largest absolute Gasteiger partial charge is 0.371 e. The maximum absolute atomic E-state index is 13.0. The van der Waals surface area contributed by atoms with Gasteiger partial charge in [0.05, 0.1) is 10.7 Å². The third-order valence-electron chi connectivity index (χ3n) is 7.25. The molecule has 5 nitrogen and oxygen atoms in total. The highest BCUT2D eigenvalue weighted by Gasteiger charge is 2.31. The molecule has 2 aromatic heterocycles. The van der Waals surface area contributed by atoms with E-state index in [2.05, 4.69) is 39.5 Å². The normalized spacial score (nSPS) is 20.9. The second kappa shape index (κ2) is 9.14. The molecular weight excluding hydrogens is 420 g/mol. The first-order valence-corrected chi connectivity index (χ1v) is 12.3. The molecule has 2 atom stereocenters. The Hall–Kier alpha value is -2.53. The third-order valence-corrected chi connectivity index (χ3v) is 7.47. The predicted octanol–water partition coefficient (Wildman–Crippen LogP) is 5.50. The Morgan fingerprint density at radius 2 is 1.88 bits per heavy atom. The van der Waals surface area contributed by atoms with Gasteiger partial charge in [-0.05, 0) is 60.9 Å². The van der Waals surface area contributed by atoms with E-state index in [-0.39, 0.29) is 5.91 Å². The maximum Gasteiger partial charge on any atom is 0.270 e. The minimum absolute atomic E-state index is 0.125. The highest BCUT2D eigenvalue weighted by molar-refractivity contribution is 6.30. The molecule has 6 heteroatoms. The molecule has 1 amide bonds. The first kappa shape index (κ1) is 21.3. The molecule has 3 aromatic rings. The van der Waals surface area contributed by atoms with Crippen molar-refractivity contribution in [3.05, 3.63) is 64.6 Å². The molecule has 0 bridgehead atoms. The first-order chi connectivity index (χ1) is 15.6. The van der Waals surface area contributed by atoms with Crippen molar-refractivity contribution in [2.75, 3.05) is 18.0 Å². The maximum atomic E-state index is 13.0. The average molecular weight is 451 g/mol. The van der Waals surface area contributed by atoms with Crippen LogP contribution in [0.15, 0.2) is 42.6 Å². The first-order valence-electron chi connectivity index (χ1n) is 11.9. The zero-order chi connectivity index (χ0) is 22.1. The number of fused-ring (bicyclic) bond motifs is 2. The number of pyridine rings is 1. The Morgan fingerprint density at radius 1 is 1.09 bits per heavy atom. The van der Waals surface area contributed by atoms with Crippen molar-refractivity contribution >= 4 is 28.8 Å². The van der Waals surface area contributed by atoms with Crippen LogP contribution in [-0.4, -0.2) is 28.4 Å². The number of carbonyl (C=O) groups excluding carboxylic acids is 1. The van der Waals surface area contributed by atoms with Crippen molar-refractivity contribution in [3.8, 4) is 0 Å². The number of amides is 1. The van der Waals surface area contributed by atoms with Gasteiger partial charge >= 0.3 is 0 Å². The number of aromatic nitrogens is 2. The van der Waals surface area contributed by atoms with Gasteiger partial charge in [-0.1, -0.05) is 49.9 Å². The number of piperidine rings is 1. The van der Waals surface area contributed by atoms with Crippen LogP contribution in [0.2, 0.25) is 5.02 Å². The molecule has 1 aliphatic heterocycles. The summed E-state index contributed by atoms with van der Waals surface area (Å²) in [5.41, 5.74) is 4.49. The van der Waals surface area contributed by atoms with Crippen LogP contribution in [0.1, 0.15) is 60.8 Å². The highest BCUT2D eigenvalue weighted by Crippen LogP contribution is 2.37. The van der Waals surface area contributed by atoms with Gasteiger partial charge in [-0.2, -0.15) is 0 Å². The second-order valence-corrected chi connectivity index (χ2v) is 9.66. The molecule has 0 spiro atoms. The zero-order valence-corrected chi connectivity index (χ0v) is 19.4. The fourth-order valence-corrected chi connectivity index (χ4v) is 5.64. The lowest BCUT2D eigenvalue weighted by Gasteiger charge is -2.42. The lowest BCUT2D eigenvalue weighted by molar-refractivity contribution is 0.0944. The van der Waals surface area contributed by atoms with E-state index >= 15 is 0 Å². The summed E-state index contributed by atoms with van der Waals surface area (Å²) in [5, 5.41) is 3.65. The zero-order valence-electron chi connectivity index (χ0n) is 18.7. The van der Waals surface area contributed by atoms with Crippen LogP contribution in [0.4, 0.5) is 5.69 Å². The third kappa shape index (κ3) is 4.23. The molecule has 0 radical (unpaired) electrons. The van der Waals surface area contributed by atoms with Crippen LogP contribution in [0.3, 0.4) is 0 Å². The number of rotatable bonds is 5. The van der Waals surface area contributed by atoms with Crippen LogP contribution in [-0.2, 0) is 13.0 Å². The number of nitrogens with zero attached hydrogens (tertiary/aromatic N) is 3. The fourth-order valence-electron chi connectivity index (χ4n) is 5.48. The minimum Gasteiger partial charge on any atom is -0.371 e. The van der Waals surface area contributed by atoms with Gasteiger partial charge in [0.2, 0.25) is 0 Å². The Bertz CT molecular complexity index is 1110. The van der Waals surface area contributed by atoms with E-state index in [9.17, 15) is 4.79 Å². The summed E-state index contributed by atoms with van der Waals surface area (Å²) >= 11 is 6.15. The van der Waals surface area contributed by atoms with Crippen LogP contribution in [0.25, 0.3) is 5.65 Å². The van der Waals surface area contributed by atoms with Gasteiger partial charge in [0, 0.05) is 31.5 Å². The van der Waals surface area contributed by atoms with E-state index in [4.69, 9.17) is 11.6 Å². The van der Waals surface area contributed by atoms with Crippen molar-refractivity contribution in [1.82, 2.24) is 14.7 Å². The Labute approximate surface area is 194 Å². The molecule has 168 valence electrons. The molecule has 1 saturated heterocycles. The standard InChI is InChI=1S/C26H31ClN4O/c1-2-23-25(31-17-21(27)9-12-24(31)29-23)26(32)28-15-18-7-10-22(11-8-18)30-14-13-19-5-3-4-6-20(19)16-30/h7-12,17,19-20H,2-6,13-16H2,1H3,(H,28,32). The van der Waals surface area contributed by atoms with Crippen molar-refractivity contribution < 1.29 is 4.79 Å². The van der Waals surface area contributed by atoms with Crippen molar-refractivity contribution in [2.45, 2.75) is 52.0 Å². The van der Waals surface area contributed by atoms with Crippen LogP contribution in [0, 0.1) is 11.8 Å². The van der Waals surface area contributed by atoms with Crippen molar-refractivity contribution in [2.24, 2.45) is 11.8 Å². The highest BCUT2D eigenvalue weighted by atomic mass is 35.5. The van der Waals surface area contributed by atoms with E-state index in [1.807, 2.05) is 13.0 Å². The van der Waals surface area contributed by atoms with Gasteiger partial charge in [0.25, 0.3) is 5.91 Å². The average Bonchev–Trinajstić information content (AvgIpc) is 3.20. The fraction of sp³-hybridized carbons (Fsp3) is 0.462. The number of anilines is 1. The number of hydrogen-bond donors (Lipinski definition) is 1. The molecule has 1 N–H and O–H groups in total. The van der Waals surface area contributed by atoms with Crippen LogP contribution in [0.5, 0.6) is 0 Å². The number of hydrogen-bond acceptors (Lipinski definition) is 3. The topological polar surface area (TPSA) is 49.6 Å². The molecule has 32 heavy (non-hydrogen) atoms. The van der Waals surface area contributed by atoms with Crippen LogP contribution < -0.4 is 10.2 Å². The number of halogens is 1. The number of nitrogens with one attached hydrogen (secondary N) is 1. The Morgan fingerprint density at radius 3 is 2.66 bits per heavy atom. The molecule has 1 saturated carbocycles. The molecule has 1 aromatic carbocycles. The minimum atomic E-state index is -0.125. The summed E-state index contributed by atoms with van der Waals surface area (Å²) in [6.45, 7) is 4.85. The number of aryl methyl sites for hydroxylation is 1. The van der Waals surface area contributed by atoms with Gasteiger partial charge in [-0.15, -0.1) is 0 Å². The molecule has 2 aliphatic rings. The Balaban J connectivity index is 1.24. The van der Waals surface area contributed by atoms with E-state index in [0.29, 0.717) is 23.7 Å². The lowest BCUT2D eigenvalue weighted by atomic mass is 9.75. The van der Waals surface area contributed by atoms with E-state index in [1.165, 1.54) is 44.3 Å². The van der Waals surface area contributed by atoms with E-state index in [1.54, 1.807) is 16.7 Å². The summed E-state index contributed by atoms with van der Waals surface area (Å²) in [4.78, 5) is 20.1. The van der Waals surface area contributed by atoms with Gasteiger partial charge in [0.1, 0.15) is 11.3 Å². The van der Waals surface area contributed by atoms with Gasteiger partial charge in [-0.25, -0.2) is 4.98 Å². The molecule has 2 fully saturated rings. The predicted molar refractivity (Wildman–Crippen MR) is 129 cm³/mol. The monoisotopic (exact) mass is 450 g/mol. The Kier molecular flexibility index (Phi) is 6.09. The van der Waals surface area contributed by atoms with E-state index < -0.39 is 0 Å². The summed E-state index contributed by atoms with van der Waals surface area (Å²) in [6, 6.07) is 12.3. The van der Waals surface area contributed by atoms with Crippen molar-refractivity contribution in [1.29, 1.82) is 0 Å². The van der Waals surface area contributed by atoms with Gasteiger partial charge in [-0.3, -0.25) is 9.20 Å². The molecular formula is C26H31ClN4O. The quantitative estimate of drug-likeness (QED) is 0.558. The molecule has 1 aliphatic carbocycles. The SMILES string of the molecule is CCc1nc2ccc(Cl)cn2c1C(=O)NCc1ccc(N2CCC3CCCCC3C2)cc1. The molecule has 3 heterocycles. The van der Waals surface area contributed by atoms with E-state index in [0.717, 1.165) is 35.3 Å². The summed E-state index contributed by atoms with van der Waals surface area (Å²) in [6.07, 6.45) is 9.40.